The van der Waals surface area contributed by atoms with Gasteiger partial charge in [0.05, 0.1) is 26.8 Å². The molecule has 0 radical (unpaired) electrons. The minimum Gasteiger partial charge on any atom is -0.493 e. The van der Waals surface area contributed by atoms with Gasteiger partial charge in [-0.3, -0.25) is 4.99 Å². The van der Waals surface area contributed by atoms with Gasteiger partial charge in [-0.15, -0.1) is 24.0 Å². The molecule has 6 nitrogen and oxygen atoms in total. The van der Waals surface area contributed by atoms with Gasteiger partial charge in [-0.2, -0.15) is 0 Å². The molecule has 1 aliphatic carbocycles. The van der Waals surface area contributed by atoms with Crippen LogP contribution in [0.25, 0.3) is 0 Å². The average Bonchev–Trinajstić information content (AvgIpc) is 3.13. The lowest BCUT2D eigenvalue weighted by Gasteiger charge is -2.38. The number of guanidine groups is 1. The number of likely N-dealkylation sites (tertiary alicyclic amines) is 1. The molecule has 29 heavy (non-hydrogen) atoms. The number of hydrogen-bond donors (Lipinski definition) is 1. The van der Waals surface area contributed by atoms with Gasteiger partial charge in [-0.05, 0) is 63.4 Å². The maximum Gasteiger partial charge on any atom is 0.194 e. The minimum absolute atomic E-state index is 0. The van der Waals surface area contributed by atoms with Crippen LogP contribution in [0.3, 0.4) is 0 Å². The molecule has 1 N–H and O–H groups in total. The van der Waals surface area contributed by atoms with Crippen molar-refractivity contribution >= 4 is 29.9 Å². The molecule has 0 amide bonds. The second-order valence-corrected chi connectivity index (χ2v) is 8.31. The van der Waals surface area contributed by atoms with Crippen molar-refractivity contribution in [2.24, 2.45) is 10.4 Å². The summed E-state index contributed by atoms with van der Waals surface area (Å²) in [5, 5.41) is 3.51. The van der Waals surface area contributed by atoms with Crippen LogP contribution < -0.4 is 14.8 Å². The van der Waals surface area contributed by atoms with Crippen LogP contribution in [-0.2, 0) is 0 Å². The number of halogens is 1. The van der Waals surface area contributed by atoms with Crippen molar-refractivity contribution in [3.63, 3.8) is 0 Å². The Hall–Kier alpha value is -1.22. The van der Waals surface area contributed by atoms with Gasteiger partial charge in [0.1, 0.15) is 0 Å². The smallest absolute Gasteiger partial charge is 0.194 e. The van der Waals surface area contributed by atoms with Gasteiger partial charge in [0, 0.05) is 19.6 Å². The first-order chi connectivity index (χ1) is 13.5. The number of nitrogens with zero attached hydrogens (tertiary/aromatic N) is 3. The monoisotopic (exact) mass is 516 g/mol. The first-order valence-electron chi connectivity index (χ1n) is 10.4. The molecule has 1 aromatic rings. The molecule has 164 valence electrons. The number of rotatable bonds is 7. The van der Waals surface area contributed by atoms with E-state index in [1.807, 2.05) is 6.07 Å². The largest absolute Gasteiger partial charge is 0.493 e. The van der Waals surface area contributed by atoms with Crippen molar-refractivity contribution in [3.05, 3.63) is 23.8 Å². The number of likely N-dealkylation sites (N-methyl/N-ethyl adjacent to an activating group) is 1. The summed E-state index contributed by atoms with van der Waals surface area (Å²) in [4.78, 5) is 9.71. The predicted octanol–water partition coefficient (Wildman–Crippen LogP) is 3.77. The molecule has 7 heteroatoms. The van der Waals surface area contributed by atoms with E-state index in [2.05, 4.69) is 48.3 Å². The van der Waals surface area contributed by atoms with Crippen molar-refractivity contribution in [1.82, 2.24) is 15.1 Å². The maximum atomic E-state index is 5.49. The molecule has 2 fully saturated rings. The third-order valence-corrected chi connectivity index (χ3v) is 6.32. The van der Waals surface area contributed by atoms with Gasteiger partial charge in [0.25, 0.3) is 0 Å². The average molecular weight is 516 g/mol. The van der Waals surface area contributed by atoms with E-state index in [9.17, 15) is 0 Å². The summed E-state index contributed by atoms with van der Waals surface area (Å²) in [5.41, 5.74) is 1.75. The van der Waals surface area contributed by atoms with E-state index in [1.165, 1.54) is 31.2 Å². The van der Waals surface area contributed by atoms with Crippen molar-refractivity contribution in [2.75, 3.05) is 54.5 Å². The van der Waals surface area contributed by atoms with Crippen molar-refractivity contribution in [3.8, 4) is 11.5 Å². The third kappa shape index (κ3) is 5.48. The van der Waals surface area contributed by atoms with Gasteiger partial charge in [-0.1, -0.05) is 12.5 Å². The Morgan fingerprint density at radius 2 is 1.93 bits per heavy atom. The minimum atomic E-state index is 0. The molecule has 1 heterocycles. The lowest BCUT2D eigenvalue weighted by atomic mass is 9.68. The normalized spacial score (nSPS) is 19.0. The second kappa shape index (κ2) is 10.7. The number of nitrogens with one attached hydrogen (secondary N) is 1. The zero-order valence-electron chi connectivity index (χ0n) is 18.5. The molecule has 3 rings (SSSR count). The molecule has 1 saturated carbocycles. The Labute approximate surface area is 193 Å². The highest BCUT2D eigenvalue weighted by atomic mass is 127. The summed E-state index contributed by atoms with van der Waals surface area (Å²) in [6.45, 7) is 6.01. The van der Waals surface area contributed by atoms with Crippen LogP contribution in [0, 0.1) is 5.41 Å². The highest BCUT2D eigenvalue weighted by Crippen LogP contribution is 2.47. The summed E-state index contributed by atoms with van der Waals surface area (Å²) in [5.74, 6) is 2.57. The Morgan fingerprint density at radius 3 is 2.45 bits per heavy atom. The Balaban J connectivity index is 0.00000300. The number of ether oxygens (including phenoxy) is 2. The molecule has 1 saturated heterocycles. The Bertz CT molecular complexity index is 691. The summed E-state index contributed by atoms with van der Waals surface area (Å²) < 4.78 is 10.9. The molecule has 0 aromatic heterocycles. The van der Waals surface area contributed by atoms with Gasteiger partial charge >= 0.3 is 0 Å². The number of hydrogen-bond acceptors (Lipinski definition) is 4. The summed E-state index contributed by atoms with van der Waals surface area (Å²) in [7, 11) is 7.54. The fraction of sp³-hybridized carbons (Fsp3) is 0.682. The third-order valence-electron chi connectivity index (χ3n) is 6.32. The first-order valence-corrected chi connectivity index (χ1v) is 10.4. The standard InChI is InChI=1S/C22H36N4O2.HI/c1-6-23-21(26-13-12-22(16-26)10-7-11-22)24-15-18(25(2)3)17-8-9-19(27-4)20(14-17)28-5;/h8-9,14,18H,6-7,10-13,15-16H2,1-5H3,(H,23,24);1H. The zero-order valence-corrected chi connectivity index (χ0v) is 20.9. The Morgan fingerprint density at radius 1 is 1.21 bits per heavy atom. The number of methoxy groups -OCH3 is 2. The van der Waals surface area contributed by atoms with Crippen LogP contribution in [-0.4, -0.2) is 70.3 Å². The van der Waals surface area contributed by atoms with E-state index < -0.39 is 0 Å². The molecule has 2 aliphatic rings. The van der Waals surface area contributed by atoms with E-state index >= 15 is 0 Å². The van der Waals surface area contributed by atoms with E-state index in [-0.39, 0.29) is 30.0 Å². The molecule has 1 aliphatic heterocycles. The fourth-order valence-corrected chi connectivity index (χ4v) is 4.43. The second-order valence-electron chi connectivity index (χ2n) is 8.31. The maximum absolute atomic E-state index is 5.49. The van der Waals surface area contributed by atoms with Gasteiger partial charge in [0.2, 0.25) is 0 Å². The highest BCUT2D eigenvalue weighted by molar-refractivity contribution is 14.0. The van der Waals surface area contributed by atoms with E-state index in [1.54, 1.807) is 14.2 Å². The summed E-state index contributed by atoms with van der Waals surface area (Å²) in [6.07, 6.45) is 5.47. The first kappa shape index (κ1) is 24.1. The van der Waals surface area contributed by atoms with Crippen LogP contribution in [0.5, 0.6) is 11.5 Å². The quantitative estimate of drug-likeness (QED) is 0.340. The molecule has 0 bridgehead atoms. The molecule has 1 spiro atoms. The van der Waals surface area contributed by atoms with E-state index in [0.29, 0.717) is 12.0 Å². The fourth-order valence-electron chi connectivity index (χ4n) is 4.43. The Kier molecular flexibility index (Phi) is 8.88. The molecular formula is C22H37IN4O2. The van der Waals surface area contributed by atoms with Crippen molar-refractivity contribution < 1.29 is 9.47 Å². The van der Waals surface area contributed by atoms with Crippen molar-refractivity contribution in [1.29, 1.82) is 0 Å². The van der Waals surface area contributed by atoms with Gasteiger partial charge in [-0.25, -0.2) is 0 Å². The van der Waals surface area contributed by atoms with Crippen LogP contribution in [0.2, 0.25) is 0 Å². The molecule has 1 unspecified atom stereocenters. The molecular weight excluding hydrogens is 479 g/mol. The molecule has 1 atom stereocenters. The van der Waals surface area contributed by atoms with Gasteiger partial charge in [0.15, 0.2) is 17.5 Å². The zero-order chi connectivity index (χ0) is 20.1. The number of benzene rings is 1. The summed E-state index contributed by atoms with van der Waals surface area (Å²) >= 11 is 0. The predicted molar refractivity (Wildman–Crippen MR) is 130 cm³/mol. The van der Waals surface area contributed by atoms with Crippen LogP contribution in [0.4, 0.5) is 0 Å². The van der Waals surface area contributed by atoms with Crippen LogP contribution >= 0.6 is 24.0 Å². The highest BCUT2D eigenvalue weighted by Gasteiger charge is 2.43. The van der Waals surface area contributed by atoms with Gasteiger partial charge < -0.3 is 24.6 Å². The van der Waals surface area contributed by atoms with E-state index in [4.69, 9.17) is 14.5 Å². The lowest BCUT2D eigenvalue weighted by Crippen LogP contribution is -2.43. The van der Waals surface area contributed by atoms with Crippen LogP contribution in [0.15, 0.2) is 23.2 Å². The van der Waals surface area contributed by atoms with E-state index in [0.717, 1.165) is 37.1 Å². The SMILES string of the molecule is CCNC(=NCC(c1ccc(OC)c(OC)c1)N(C)C)N1CCC2(CCC2)C1.I. The summed E-state index contributed by atoms with van der Waals surface area (Å²) in [6, 6.07) is 6.31. The molecule has 1 aromatic carbocycles. The lowest BCUT2D eigenvalue weighted by molar-refractivity contribution is 0.151. The van der Waals surface area contributed by atoms with Crippen molar-refractivity contribution in [2.45, 2.75) is 38.6 Å². The topological polar surface area (TPSA) is 49.3 Å². The van der Waals surface area contributed by atoms with Crippen LogP contribution in [0.1, 0.15) is 44.2 Å². The number of aliphatic imine (C=N–C) groups is 1.